The molecule has 0 aromatic heterocycles. The van der Waals surface area contributed by atoms with Gasteiger partial charge in [-0.1, -0.05) is 30.3 Å². The molecule has 1 rings (SSSR count). The fourth-order valence-corrected chi connectivity index (χ4v) is 3.52. The number of aliphatic hydroxyl groups excluding tert-OH is 1. The van der Waals surface area contributed by atoms with Gasteiger partial charge >= 0.3 is 7.60 Å². The highest BCUT2D eigenvalue weighted by atomic mass is 31.2. The minimum absolute atomic E-state index is 0.200. The van der Waals surface area contributed by atoms with Crippen LogP contribution in [-0.4, -0.2) is 43.0 Å². The van der Waals surface area contributed by atoms with Crippen molar-refractivity contribution >= 4 is 13.5 Å². The molecule has 2 N–H and O–H groups in total. The fraction of sp³-hybridized carbons (Fsp3) is 0.533. The van der Waals surface area contributed by atoms with Gasteiger partial charge in [-0.15, -0.1) is 0 Å². The van der Waals surface area contributed by atoms with Crippen LogP contribution in [0, 0.1) is 0 Å². The Kier molecular flexibility index (Phi) is 8.35. The van der Waals surface area contributed by atoms with Crippen LogP contribution < -0.4 is 5.32 Å². The maximum atomic E-state index is 12.3. The summed E-state index contributed by atoms with van der Waals surface area (Å²) in [5.41, 5.74) is 1.000. The molecule has 1 aromatic carbocycles. The first-order valence-corrected chi connectivity index (χ1v) is 9.08. The summed E-state index contributed by atoms with van der Waals surface area (Å²) in [6.07, 6.45) is 0.149. The van der Waals surface area contributed by atoms with E-state index >= 15 is 0 Å². The van der Waals surface area contributed by atoms with Crippen molar-refractivity contribution < 1.29 is 23.5 Å². The van der Waals surface area contributed by atoms with Crippen molar-refractivity contribution in [3.8, 4) is 0 Å². The number of hydrogen-bond acceptors (Lipinski definition) is 5. The molecule has 6 nitrogen and oxygen atoms in total. The molecule has 22 heavy (non-hydrogen) atoms. The van der Waals surface area contributed by atoms with Gasteiger partial charge in [0.25, 0.3) is 0 Å². The Morgan fingerprint density at radius 3 is 2.32 bits per heavy atom. The van der Waals surface area contributed by atoms with Crippen LogP contribution in [0.5, 0.6) is 0 Å². The normalized spacial score (nSPS) is 12.9. The molecule has 0 saturated carbocycles. The Labute approximate surface area is 131 Å². The van der Waals surface area contributed by atoms with Gasteiger partial charge in [-0.25, -0.2) is 0 Å². The summed E-state index contributed by atoms with van der Waals surface area (Å²) in [7, 11) is -3.42. The van der Waals surface area contributed by atoms with Gasteiger partial charge in [0, 0.05) is 0 Å². The third kappa shape index (κ3) is 6.71. The van der Waals surface area contributed by atoms with Crippen LogP contribution in [0.4, 0.5) is 0 Å². The lowest BCUT2D eigenvalue weighted by molar-refractivity contribution is -0.119. The molecule has 0 heterocycles. The monoisotopic (exact) mass is 329 g/mol. The van der Waals surface area contributed by atoms with E-state index in [1.807, 2.05) is 30.3 Å². The van der Waals surface area contributed by atoms with E-state index in [1.165, 1.54) is 0 Å². The summed E-state index contributed by atoms with van der Waals surface area (Å²) in [6, 6.07) is 9.08. The van der Waals surface area contributed by atoms with E-state index in [1.54, 1.807) is 13.8 Å². The molecule has 0 aliphatic carbocycles. The van der Waals surface area contributed by atoms with Crippen LogP contribution >= 0.6 is 7.60 Å². The molecule has 0 aliphatic heterocycles. The Hall–Kier alpha value is -1.20. The summed E-state index contributed by atoms with van der Waals surface area (Å²) < 4.78 is 22.5. The highest BCUT2D eigenvalue weighted by Crippen LogP contribution is 2.47. The van der Waals surface area contributed by atoms with Crippen molar-refractivity contribution in [2.75, 3.05) is 26.0 Å². The number of benzene rings is 1. The minimum Gasteiger partial charge on any atom is -0.394 e. The molecule has 0 unspecified atom stereocenters. The second-order valence-electron chi connectivity index (χ2n) is 4.74. The zero-order chi connectivity index (χ0) is 16.4. The average Bonchev–Trinajstić information content (AvgIpc) is 2.47. The second-order valence-corrected chi connectivity index (χ2v) is 6.80. The Balaban J connectivity index is 2.58. The first-order valence-electron chi connectivity index (χ1n) is 7.35. The lowest BCUT2D eigenvalue weighted by atomic mass is 10.1. The number of nitrogens with one attached hydrogen (secondary N) is 1. The van der Waals surface area contributed by atoms with Gasteiger partial charge in [0.15, 0.2) is 0 Å². The third-order valence-electron chi connectivity index (χ3n) is 2.90. The second kappa shape index (κ2) is 9.74. The molecule has 1 atom stereocenters. The van der Waals surface area contributed by atoms with E-state index in [-0.39, 0.29) is 26.0 Å². The molecular formula is C15H24NO5P. The van der Waals surface area contributed by atoms with Crippen molar-refractivity contribution in [2.24, 2.45) is 0 Å². The molecule has 0 aliphatic rings. The number of amides is 1. The van der Waals surface area contributed by atoms with Crippen molar-refractivity contribution in [3.63, 3.8) is 0 Å². The molecule has 124 valence electrons. The summed E-state index contributed by atoms with van der Waals surface area (Å²) in [5.74, 6) is -0.458. The van der Waals surface area contributed by atoms with Gasteiger partial charge in [0.1, 0.15) is 6.16 Å². The van der Waals surface area contributed by atoms with Crippen molar-refractivity contribution in [2.45, 2.75) is 26.3 Å². The average molecular weight is 329 g/mol. The van der Waals surface area contributed by atoms with E-state index in [0.717, 1.165) is 5.56 Å². The van der Waals surface area contributed by atoms with Crippen molar-refractivity contribution in [1.82, 2.24) is 5.32 Å². The largest absolute Gasteiger partial charge is 0.394 e. The quantitative estimate of drug-likeness (QED) is 0.641. The molecule has 0 saturated heterocycles. The van der Waals surface area contributed by atoms with E-state index in [2.05, 4.69) is 5.32 Å². The first-order chi connectivity index (χ1) is 10.5. The van der Waals surface area contributed by atoms with Crippen molar-refractivity contribution in [3.05, 3.63) is 35.9 Å². The summed E-state index contributed by atoms with van der Waals surface area (Å²) >= 11 is 0. The highest BCUT2D eigenvalue weighted by molar-refractivity contribution is 7.54. The zero-order valence-corrected chi connectivity index (χ0v) is 13.9. The Morgan fingerprint density at radius 2 is 1.82 bits per heavy atom. The van der Waals surface area contributed by atoms with Gasteiger partial charge in [0.2, 0.25) is 5.91 Å². The van der Waals surface area contributed by atoms with Gasteiger partial charge < -0.3 is 19.5 Å². The van der Waals surface area contributed by atoms with Gasteiger partial charge in [-0.3, -0.25) is 9.36 Å². The van der Waals surface area contributed by atoms with Crippen molar-refractivity contribution in [1.29, 1.82) is 0 Å². The number of carbonyl (C=O) groups excluding carboxylic acids is 1. The molecular weight excluding hydrogens is 305 g/mol. The Bertz CT molecular complexity index is 484. The van der Waals surface area contributed by atoms with Crippen LogP contribution in [0.2, 0.25) is 0 Å². The molecule has 0 fully saturated rings. The molecule has 0 bridgehead atoms. The SMILES string of the molecule is CCOP(=O)(CC(=O)N[C@H](CO)Cc1ccccc1)OCC. The number of carbonyl (C=O) groups is 1. The smallest absolute Gasteiger partial charge is 0.340 e. The number of aliphatic hydroxyl groups is 1. The number of rotatable bonds is 10. The van der Waals surface area contributed by atoms with Gasteiger partial charge in [-0.2, -0.15) is 0 Å². The van der Waals surface area contributed by atoms with E-state index in [4.69, 9.17) is 9.05 Å². The third-order valence-corrected chi connectivity index (χ3v) is 4.88. The maximum absolute atomic E-state index is 12.3. The molecule has 1 aromatic rings. The van der Waals surface area contributed by atoms with Crippen LogP contribution in [-0.2, 0) is 24.8 Å². The van der Waals surface area contributed by atoms with Gasteiger partial charge in [-0.05, 0) is 25.8 Å². The lowest BCUT2D eigenvalue weighted by Gasteiger charge is -2.20. The first kappa shape index (κ1) is 18.8. The zero-order valence-electron chi connectivity index (χ0n) is 13.0. The van der Waals surface area contributed by atoms with Crippen LogP contribution in [0.1, 0.15) is 19.4 Å². The molecule has 1 amide bonds. The maximum Gasteiger partial charge on any atom is 0.340 e. The summed E-state index contributed by atoms with van der Waals surface area (Å²) in [6.45, 7) is 3.59. The highest BCUT2D eigenvalue weighted by Gasteiger charge is 2.28. The van der Waals surface area contributed by atoms with Gasteiger partial charge in [0.05, 0.1) is 25.9 Å². The van der Waals surface area contributed by atoms with Crippen LogP contribution in [0.3, 0.4) is 0 Å². The molecule has 7 heteroatoms. The number of hydrogen-bond donors (Lipinski definition) is 2. The van der Waals surface area contributed by atoms with E-state index in [0.29, 0.717) is 6.42 Å². The summed E-state index contributed by atoms with van der Waals surface area (Å²) in [4.78, 5) is 12.0. The van der Waals surface area contributed by atoms with Crippen LogP contribution in [0.15, 0.2) is 30.3 Å². The minimum atomic E-state index is -3.42. The Morgan fingerprint density at radius 1 is 1.23 bits per heavy atom. The van der Waals surface area contributed by atoms with E-state index in [9.17, 15) is 14.5 Å². The lowest BCUT2D eigenvalue weighted by Crippen LogP contribution is -2.40. The summed E-state index contributed by atoms with van der Waals surface area (Å²) in [5, 5.41) is 12.1. The topological polar surface area (TPSA) is 84.9 Å². The molecule has 0 radical (unpaired) electrons. The molecule has 0 spiro atoms. The van der Waals surface area contributed by atoms with E-state index < -0.39 is 19.5 Å². The van der Waals surface area contributed by atoms with Crippen LogP contribution in [0.25, 0.3) is 0 Å². The predicted octanol–water partition coefficient (Wildman–Crippen LogP) is 1.97. The predicted molar refractivity (Wildman–Crippen MR) is 84.9 cm³/mol. The standard InChI is InChI=1S/C15H24NO5P/c1-3-20-22(19,21-4-2)12-15(18)16-14(11-17)10-13-8-6-5-7-9-13/h5-9,14,17H,3-4,10-12H2,1-2H3,(H,16,18)/t14-/m0/s1. The fourth-order valence-electron chi connectivity index (χ4n) is 2.03.